The first kappa shape index (κ1) is 10.3. The van der Waals surface area contributed by atoms with Gasteiger partial charge < -0.3 is 0 Å². The first-order valence-electron chi connectivity index (χ1n) is 2.76. The second-order valence-electron chi connectivity index (χ2n) is 1.94. The van der Waals surface area contributed by atoms with E-state index in [1.807, 2.05) is 0 Å². The molecule has 11 heavy (non-hydrogen) atoms. The number of hydrogen-bond acceptors (Lipinski definition) is 2. The monoisotopic (exact) mass is 182 g/mol. The third-order valence-corrected chi connectivity index (χ3v) is 3.03. The zero-order valence-corrected chi connectivity index (χ0v) is 6.95. The lowest BCUT2D eigenvalue weighted by atomic mass is 10.7. The topological polar surface area (TPSA) is 34.1 Å². The van der Waals surface area contributed by atoms with Gasteiger partial charge >= 0.3 is 0 Å². The third kappa shape index (κ3) is 2.11. The van der Waals surface area contributed by atoms with Gasteiger partial charge in [0.2, 0.25) is 9.84 Å². The minimum Gasteiger partial charge on any atom is -0.219 e. The molecule has 0 fully saturated rings. The molecule has 0 amide bonds. The molecule has 5 heteroatoms. The first-order chi connectivity index (χ1) is 4.96. The molecule has 0 spiro atoms. The largest absolute Gasteiger partial charge is 0.219 e. The molecule has 0 aromatic rings. The minimum atomic E-state index is -3.87. The van der Waals surface area contributed by atoms with Crippen molar-refractivity contribution in [2.45, 2.75) is 13.8 Å². The van der Waals surface area contributed by atoms with Crippen molar-refractivity contribution >= 4 is 9.84 Å². The fourth-order valence-electron chi connectivity index (χ4n) is 0.371. The highest BCUT2D eigenvalue weighted by atomic mass is 32.2. The maximum atomic E-state index is 11.7. The Morgan fingerprint density at radius 1 is 1.09 bits per heavy atom. The van der Waals surface area contributed by atoms with Crippen molar-refractivity contribution in [1.29, 1.82) is 0 Å². The Bertz CT molecular complexity index is 264. The number of halogens is 2. The summed E-state index contributed by atoms with van der Waals surface area (Å²) in [6, 6.07) is 0. The Hall–Kier alpha value is -0.710. The number of hydrogen-bond donors (Lipinski definition) is 0. The molecule has 0 aromatic heterocycles. The molecule has 0 heterocycles. The maximum absolute atomic E-state index is 11.7. The Balaban J connectivity index is 5.09. The van der Waals surface area contributed by atoms with E-state index in [2.05, 4.69) is 0 Å². The zero-order valence-electron chi connectivity index (χ0n) is 6.14. The molecule has 0 saturated carbocycles. The smallest absolute Gasteiger partial charge is 0.202 e. The van der Waals surface area contributed by atoms with E-state index in [9.17, 15) is 17.2 Å². The molecule has 0 atom stereocenters. The summed E-state index contributed by atoms with van der Waals surface area (Å²) >= 11 is 0. The van der Waals surface area contributed by atoms with Crippen molar-refractivity contribution in [3.63, 3.8) is 0 Å². The van der Waals surface area contributed by atoms with E-state index in [-0.39, 0.29) is 12.7 Å². The maximum Gasteiger partial charge on any atom is 0.202 e. The minimum absolute atomic E-state index is 0.0671. The van der Waals surface area contributed by atoms with Gasteiger partial charge in [0.05, 0.1) is 9.81 Å². The van der Waals surface area contributed by atoms with Crippen molar-refractivity contribution in [2.75, 3.05) is 0 Å². The fraction of sp³-hybridized carbons (Fsp3) is 0.333. The molecule has 0 aliphatic heterocycles. The van der Waals surface area contributed by atoms with Crippen LogP contribution in [0.1, 0.15) is 13.8 Å². The van der Waals surface area contributed by atoms with E-state index in [1.165, 1.54) is 0 Å². The average Bonchev–Trinajstić information content (AvgIpc) is 2.01. The number of sulfone groups is 1. The Kier molecular flexibility index (Phi) is 3.38. The quantitative estimate of drug-likeness (QED) is 0.655. The van der Waals surface area contributed by atoms with Crippen LogP contribution in [0.4, 0.5) is 8.78 Å². The lowest BCUT2D eigenvalue weighted by Gasteiger charge is -1.99. The second-order valence-corrected chi connectivity index (χ2v) is 4.24. The molecule has 0 rings (SSSR count). The summed E-state index contributed by atoms with van der Waals surface area (Å²) in [6.45, 7) is 2.12. The predicted molar refractivity (Wildman–Crippen MR) is 38.6 cm³/mol. The van der Waals surface area contributed by atoms with E-state index in [0.29, 0.717) is 0 Å². The Labute approximate surface area is 64.1 Å². The van der Waals surface area contributed by atoms with Gasteiger partial charge in [0, 0.05) is 0 Å². The SMILES string of the molecule is CC(=CF)S(=O)(=O)C(C)=CF. The summed E-state index contributed by atoms with van der Waals surface area (Å²) in [4.78, 5) is -0.993. The van der Waals surface area contributed by atoms with Crippen LogP contribution < -0.4 is 0 Å². The summed E-state index contributed by atoms with van der Waals surface area (Å²) in [5.74, 6) is 0. The van der Waals surface area contributed by atoms with Gasteiger partial charge in [0.25, 0.3) is 0 Å². The van der Waals surface area contributed by atoms with E-state index in [4.69, 9.17) is 0 Å². The van der Waals surface area contributed by atoms with Crippen LogP contribution in [0.15, 0.2) is 22.5 Å². The molecule has 2 nitrogen and oxygen atoms in total. The van der Waals surface area contributed by atoms with E-state index in [0.717, 1.165) is 13.8 Å². The van der Waals surface area contributed by atoms with Crippen molar-refractivity contribution in [2.24, 2.45) is 0 Å². The van der Waals surface area contributed by atoms with Crippen LogP contribution >= 0.6 is 0 Å². The van der Waals surface area contributed by atoms with Crippen molar-refractivity contribution in [1.82, 2.24) is 0 Å². The van der Waals surface area contributed by atoms with Crippen molar-refractivity contribution in [3.05, 3.63) is 22.5 Å². The van der Waals surface area contributed by atoms with Gasteiger partial charge in [-0.25, -0.2) is 17.2 Å². The van der Waals surface area contributed by atoms with Gasteiger partial charge in [-0.3, -0.25) is 0 Å². The van der Waals surface area contributed by atoms with Crippen molar-refractivity contribution in [3.8, 4) is 0 Å². The van der Waals surface area contributed by atoms with Crippen LogP contribution in [0, 0.1) is 0 Å². The molecule has 64 valence electrons. The fourth-order valence-corrected chi connectivity index (χ4v) is 1.11. The second kappa shape index (κ2) is 3.61. The van der Waals surface area contributed by atoms with Crippen LogP contribution in [-0.2, 0) is 9.84 Å². The highest BCUT2D eigenvalue weighted by Gasteiger charge is 2.16. The van der Waals surface area contributed by atoms with E-state index >= 15 is 0 Å². The van der Waals surface area contributed by atoms with Gasteiger partial charge in [0.15, 0.2) is 0 Å². The standard InChI is InChI=1S/C6H8F2O2S/c1-5(3-7)11(9,10)6(2)4-8/h3-4H,1-2H3. The predicted octanol–water partition coefficient (Wildman–Crippen LogP) is 2.06. The van der Waals surface area contributed by atoms with Crippen molar-refractivity contribution < 1.29 is 17.2 Å². The molecule has 0 bridgehead atoms. The van der Waals surface area contributed by atoms with E-state index in [1.54, 1.807) is 0 Å². The third-order valence-electron chi connectivity index (χ3n) is 1.16. The number of rotatable bonds is 2. The van der Waals surface area contributed by atoms with Crippen LogP contribution in [-0.4, -0.2) is 8.42 Å². The van der Waals surface area contributed by atoms with Crippen LogP contribution in [0.3, 0.4) is 0 Å². The Morgan fingerprint density at radius 3 is 1.55 bits per heavy atom. The first-order valence-corrected chi connectivity index (χ1v) is 4.24. The summed E-state index contributed by atoms with van der Waals surface area (Å²) in [6.07, 6.45) is -0.134. The molecule has 0 unspecified atom stereocenters. The van der Waals surface area contributed by atoms with Gasteiger partial charge in [-0.15, -0.1) is 0 Å². The van der Waals surface area contributed by atoms with Gasteiger partial charge in [-0.1, -0.05) is 0 Å². The zero-order chi connectivity index (χ0) is 9.07. The lowest BCUT2D eigenvalue weighted by molar-refractivity contribution is 0.603. The number of allylic oxidation sites excluding steroid dienone is 2. The molecular weight excluding hydrogens is 174 g/mol. The van der Waals surface area contributed by atoms with Crippen LogP contribution in [0.25, 0.3) is 0 Å². The van der Waals surface area contributed by atoms with E-state index < -0.39 is 19.6 Å². The highest BCUT2D eigenvalue weighted by molar-refractivity contribution is 7.98. The van der Waals surface area contributed by atoms with Gasteiger partial charge in [-0.2, -0.15) is 0 Å². The van der Waals surface area contributed by atoms with Gasteiger partial charge in [-0.05, 0) is 13.8 Å². The average molecular weight is 182 g/mol. The molecule has 0 aliphatic carbocycles. The highest BCUT2D eigenvalue weighted by Crippen LogP contribution is 2.16. The molecule has 0 radical (unpaired) electrons. The van der Waals surface area contributed by atoms with Gasteiger partial charge in [0.1, 0.15) is 12.7 Å². The lowest BCUT2D eigenvalue weighted by Crippen LogP contribution is -2.01. The summed E-state index contributed by atoms with van der Waals surface area (Å²) < 4.78 is 45.1. The Morgan fingerprint density at radius 2 is 1.36 bits per heavy atom. The van der Waals surface area contributed by atoms with Crippen LogP contribution in [0.5, 0.6) is 0 Å². The molecule has 0 aromatic carbocycles. The molecule has 0 aliphatic rings. The molecule has 0 N–H and O–H groups in total. The molecular formula is C6H8F2O2S. The van der Waals surface area contributed by atoms with Crippen LogP contribution in [0.2, 0.25) is 0 Å². The summed E-state index contributed by atoms with van der Waals surface area (Å²) in [7, 11) is -3.87. The summed E-state index contributed by atoms with van der Waals surface area (Å²) in [5, 5.41) is 0. The normalized spacial score (nSPS) is 15.3. The summed E-state index contributed by atoms with van der Waals surface area (Å²) in [5.41, 5.74) is 0. The molecule has 0 saturated heterocycles.